The SMILES string of the molecule is COc1cc(OC)c(OC)cc1C=c1sc2nnc(-c3ccc(OC)c(OC)c3)n2c1=O. The van der Waals surface area contributed by atoms with Gasteiger partial charge in [-0.1, -0.05) is 11.3 Å². The first kappa shape index (κ1) is 21.4. The molecule has 4 rings (SSSR count). The number of methoxy groups -OCH3 is 5. The van der Waals surface area contributed by atoms with Gasteiger partial charge in [-0.25, -0.2) is 4.40 Å². The van der Waals surface area contributed by atoms with Gasteiger partial charge in [0.1, 0.15) is 5.75 Å². The second-order valence-corrected chi connectivity index (χ2v) is 7.59. The van der Waals surface area contributed by atoms with Crippen LogP contribution in [-0.4, -0.2) is 50.1 Å². The van der Waals surface area contributed by atoms with E-state index in [4.69, 9.17) is 23.7 Å². The van der Waals surface area contributed by atoms with Crippen LogP contribution in [0, 0.1) is 0 Å². The van der Waals surface area contributed by atoms with Gasteiger partial charge in [0.15, 0.2) is 28.8 Å². The lowest BCUT2D eigenvalue weighted by molar-refractivity contribution is 0.348. The number of hydrogen-bond acceptors (Lipinski definition) is 9. The molecule has 0 atom stereocenters. The van der Waals surface area contributed by atoms with Gasteiger partial charge in [0.2, 0.25) is 4.96 Å². The van der Waals surface area contributed by atoms with Gasteiger partial charge in [-0.15, -0.1) is 10.2 Å². The van der Waals surface area contributed by atoms with Crippen LogP contribution in [-0.2, 0) is 0 Å². The molecule has 0 aliphatic heterocycles. The Bertz CT molecular complexity index is 1400. The Morgan fingerprint density at radius 1 is 0.781 bits per heavy atom. The van der Waals surface area contributed by atoms with Crippen LogP contribution < -0.4 is 33.8 Å². The van der Waals surface area contributed by atoms with Crippen LogP contribution in [0.3, 0.4) is 0 Å². The number of aromatic nitrogens is 3. The first-order chi connectivity index (χ1) is 15.5. The quantitative estimate of drug-likeness (QED) is 0.420. The molecule has 0 unspecified atom stereocenters. The van der Waals surface area contributed by atoms with E-state index in [-0.39, 0.29) is 5.56 Å². The van der Waals surface area contributed by atoms with Crippen molar-refractivity contribution >= 4 is 22.4 Å². The van der Waals surface area contributed by atoms with Crippen LogP contribution in [0.25, 0.3) is 22.4 Å². The van der Waals surface area contributed by atoms with Crippen molar-refractivity contribution in [1.82, 2.24) is 14.6 Å². The highest BCUT2D eigenvalue weighted by Crippen LogP contribution is 2.35. The standard InChI is InChI=1S/C22H21N3O6S/c1-27-14-7-6-12(8-16(14)29-3)20-23-24-22-25(20)21(26)19(32-22)10-13-9-17(30-4)18(31-5)11-15(13)28-2/h6-11H,1-5H3. The van der Waals surface area contributed by atoms with E-state index >= 15 is 0 Å². The van der Waals surface area contributed by atoms with E-state index in [9.17, 15) is 4.79 Å². The van der Waals surface area contributed by atoms with Gasteiger partial charge in [-0.2, -0.15) is 0 Å². The van der Waals surface area contributed by atoms with E-state index in [2.05, 4.69) is 10.2 Å². The predicted octanol–water partition coefficient (Wildman–Crippen LogP) is 2.41. The van der Waals surface area contributed by atoms with E-state index in [1.54, 1.807) is 72.0 Å². The number of nitrogens with zero attached hydrogens (tertiary/aromatic N) is 3. The summed E-state index contributed by atoms with van der Waals surface area (Å²) >= 11 is 1.23. The lowest BCUT2D eigenvalue weighted by atomic mass is 10.1. The molecule has 32 heavy (non-hydrogen) atoms. The summed E-state index contributed by atoms with van der Waals surface area (Å²) in [6, 6.07) is 8.79. The van der Waals surface area contributed by atoms with Crippen molar-refractivity contribution in [3.8, 4) is 40.1 Å². The Labute approximate surface area is 187 Å². The second-order valence-electron chi connectivity index (χ2n) is 6.58. The number of benzene rings is 2. The van der Waals surface area contributed by atoms with E-state index in [1.807, 2.05) is 0 Å². The molecule has 0 aliphatic carbocycles. The van der Waals surface area contributed by atoms with E-state index in [0.717, 1.165) is 0 Å². The molecule has 0 radical (unpaired) electrons. The minimum Gasteiger partial charge on any atom is -0.496 e. The van der Waals surface area contributed by atoms with Crippen molar-refractivity contribution in [2.45, 2.75) is 0 Å². The Morgan fingerprint density at radius 2 is 1.41 bits per heavy atom. The molecule has 0 fully saturated rings. The molecule has 9 nitrogen and oxygen atoms in total. The van der Waals surface area contributed by atoms with E-state index in [0.29, 0.717) is 55.2 Å². The highest BCUT2D eigenvalue weighted by molar-refractivity contribution is 7.15. The molecular formula is C22H21N3O6S. The Hall–Kier alpha value is -3.79. The van der Waals surface area contributed by atoms with Gasteiger partial charge >= 0.3 is 0 Å². The molecule has 2 aromatic carbocycles. The van der Waals surface area contributed by atoms with Gasteiger partial charge in [-0.3, -0.25) is 4.79 Å². The average molecular weight is 455 g/mol. The van der Waals surface area contributed by atoms with Crippen molar-refractivity contribution in [3.05, 3.63) is 50.8 Å². The number of fused-ring (bicyclic) bond motifs is 1. The largest absolute Gasteiger partial charge is 0.496 e. The fraction of sp³-hybridized carbons (Fsp3) is 0.227. The summed E-state index contributed by atoms with van der Waals surface area (Å²) in [6.45, 7) is 0. The lowest BCUT2D eigenvalue weighted by Gasteiger charge is -2.11. The van der Waals surface area contributed by atoms with Crippen LogP contribution in [0.5, 0.6) is 28.7 Å². The molecule has 10 heteroatoms. The average Bonchev–Trinajstić information content (AvgIpc) is 3.38. The Kier molecular flexibility index (Phi) is 5.87. The van der Waals surface area contributed by atoms with Gasteiger partial charge in [0.05, 0.1) is 40.1 Å². The summed E-state index contributed by atoms with van der Waals surface area (Å²) in [7, 11) is 7.76. The maximum absolute atomic E-state index is 13.3. The number of hydrogen-bond donors (Lipinski definition) is 0. The molecule has 0 saturated heterocycles. The van der Waals surface area contributed by atoms with E-state index in [1.165, 1.54) is 15.7 Å². The first-order valence-electron chi connectivity index (χ1n) is 9.46. The highest BCUT2D eigenvalue weighted by atomic mass is 32.1. The lowest BCUT2D eigenvalue weighted by Crippen LogP contribution is -2.23. The normalized spacial score (nSPS) is 11.6. The van der Waals surface area contributed by atoms with Gasteiger partial charge < -0.3 is 23.7 Å². The van der Waals surface area contributed by atoms with Crippen LogP contribution in [0.15, 0.2) is 35.1 Å². The third kappa shape index (κ3) is 3.58. The van der Waals surface area contributed by atoms with Gasteiger partial charge in [0, 0.05) is 17.2 Å². The van der Waals surface area contributed by atoms with Crippen molar-refractivity contribution < 1.29 is 23.7 Å². The van der Waals surface area contributed by atoms with Crippen LogP contribution in [0.4, 0.5) is 0 Å². The fourth-order valence-corrected chi connectivity index (χ4v) is 4.24. The van der Waals surface area contributed by atoms with Crippen molar-refractivity contribution in [2.24, 2.45) is 0 Å². The molecule has 0 aliphatic rings. The molecular weight excluding hydrogens is 434 g/mol. The number of ether oxygens (including phenoxy) is 5. The van der Waals surface area contributed by atoms with Gasteiger partial charge in [0.25, 0.3) is 5.56 Å². The minimum atomic E-state index is -0.239. The third-order valence-electron chi connectivity index (χ3n) is 4.91. The maximum atomic E-state index is 13.3. The summed E-state index contributed by atoms with van der Waals surface area (Å²) in [5, 5.41) is 8.38. The van der Waals surface area contributed by atoms with Crippen molar-refractivity contribution in [3.63, 3.8) is 0 Å². The highest BCUT2D eigenvalue weighted by Gasteiger charge is 2.17. The summed E-state index contributed by atoms with van der Waals surface area (Å²) in [5.41, 5.74) is 1.12. The fourth-order valence-electron chi connectivity index (χ4n) is 3.33. The third-order valence-corrected chi connectivity index (χ3v) is 5.87. The molecule has 0 spiro atoms. The second kappa shape index (κ2) is 8.75. The van der Waals surface area contributed by atoms with Crippen molar-refractivity contribution in [2.75, 3.05) is 35.5 Å². The smallest absolute Gasteiger partial charge is 0.276 e. The van der Waals surface area contributed by atoms with Gasteiger partial charge in [-0.05, 0) is 30.3 Å². The maximum Gasteiger partial charge on any atom is 0.276 e. The molecule has 0 N–H and O–H groups in total. The summed E-state index contributed by atoms with van der Waals surface area (Å²) in [4.78, 5) is 13.7. The Morgan fingerprint density at radius 3 is 2.06 bits per heavy atom. The molecule has 2 aromatic heterocycles. The summed E-state index contributed by atoms with van der Waals surface area (Å²) in [6.07, 6.45) is 1.74. The molecule has 2 heterocycles. The van der Waals surface area contributed by atoms with E-state index < -0.39 is 0 Å². The zero-order valence-electron chi connectivity index (χ0n) is 18.2. The number of thiazole rings is 1. The first-order valence-corrected chi connectivity index (χ1v) is 10.3. The van der Waals surface area contributed by atoms with Crippen LogP contribution in [0.2, 0.25) is 0 Å². The molecule has 166 valence electrons. The summed E-state index contributed by atoms with van der Waals surface area (Å²) in [5.74, 6) is 3.14. The molecule has 0 bridgehead atoms. The minimum absolute atomic E-state index is 0.239. The molecule has 4 aromatic rings. The van der Waals surface area contributed by atoms with Crippen LogP contribution in [0.1, 0.15) is 5.56 Å². The monoisotopic (exact) mass is 455 g/mol. The zero-order chi connectivity index (χ0) is 22.8. The van der Waals surface area contributed by atoms with Crippen LogP contribution >= 0.6 is 11.3 Å². The molecule has 0 saturated carbocycles. The predicted molar refractivity (Wildman–Crippen MR) is 121 cm³/mol. The zero-order valence-corrected chi connectivity index (χ0v) is 19.0. The molecule has 0 amide bonds. The number of rotatable bonds is 7. The van der Waals surface area contributed by atoms with Crippen molar-refractivity contribution in [1.29, 1.82) is 0 Å². The summed E-state index contributed by atoms with van der Waals surface area (Å²) < 4.78 is 28.8. The Balaban J connectivity index is 1.88. The topological polar surface area (TPSA) is 93.4 Å².